The second-order valence-electron chi connectivity index (χ2n) is 9.67. The average Bonchev–Trinajstić information content (AvgIpc) is 3.59. The fourth-order valence-electron chi connectivity index (χ4n) is 5.23. The number of anilines is 3. The second kappa shape index (κ2) is 10.2. The summed E-state index contributed by atoms with van der Waals surface area (Å²) in [6.45, 7) is 5.33. The Bertz CT molecular complexity index is 1450. The van der Waals surface area contributed by atoms with Gasteiger partial charge in [-0.25, -0.2) is 15.0 Å². The van der Waals surface area contributed by atoms with Crippen molar-refractivity contribution in [2.24, 2.45) is 5.73 Å². The van der Waals surface area contributed by atoms with Crippen molar-refractivity contribution in [1.29, 1.82) is 0 Å². The average molecular weight is 535 g/mol. The van der Waals surface area contributed by atoms with Gasteiger partial charge in [0.05, 0.1) is 24.9 Å². The smallest absolute Gasteiger partial charge is 0.141 e. The maximum absolute atomic E-state index is 6.40. The highest BCUT2D eigenvalue weighted by Crippen LogP contribution is 2.38. The first-order chi connectivity index (χ1) is 18.5. The summed E-state index contributed by atoms with van der Waals surface area (Å²) in [7, 11) is 3.21. The first kappa shape index (κ1) is 24.6. The van der Waals surface area contributed by atoms with Crippen LogP contribution in [0.2, 0.25) is 5.02 Å². The number of rotatable bonds is 6. The molecule has 3 aromatic heterocycles. The van der Waals surface area contributed by atoms with E-state index in [4.69, 9.17) is 31.8 Å². The van der Waals surface area contributed by atoms with E-state index in [0.29, 0.717) is 16.5 Å². The highest BCUT2D eigenvalue weighted by Gasteiger charge is 2.23. The summed E-state index contributed by atoms with van der Waals surface area (Å²) in [6, 6.07) is 10.2. The number of aromatic nitrogens is 4. The number of nitrogens with two attached hydrogens (primary N) is 1. The van der Waals surface area contributed by atoms with Crippen molar-refractivity contribution in [2.45, 2.75) is 12.5 Å². The lowest BCUT2D eigenvalue weighted by atomic mass is 10.1. The molecule has 1 aromatic carbocycles. The Hall–Kier alpha value is -3.76. The zero-order valence-corrected chi connectivity index (χ0v) is 22.3. The molecule has 0 radical (unpaired) electrons. The molecular formula is C27H31ClN8O2. The molecule has 0 amide bonds. The molecule has 10 nitrogen and oxygen atoms in total. The number of hydrogen-bond donors (Lipinski definition) is 1. The van der Waals surface area contributed by atoms with Crippen molar-refractivity contribution in [2.75, 3.05) is 68.2 Å². The molecule has 0 saturated carbocycles. The van der Waals surface area contributed by atoms with Gasteiger partial charge in [0, 0.05) is 87.2 Å². The summed E-state index contributed by atoms with van der Waals surface area (Å²) >= 11 is 6.40. The SMILES string of the molecule is COc1cc(OC)c(-c2cn3ccc(N4CCN(c5cc(N6CCC(N)C6)ncn5)CC4)cc3n2)cc1Cl. The van der Waals surface area contributed by atoms with Gasteiger partial charge in [0.15, 0.2) is 0 Å². The maximum atomic E-state index is 6.40. The largest absolute Gasteiger partial charge is 0.496 e. The third-order valence-corrected chi connectivity index (χ3v) is 7.64. The van der Waals surface area contributed by atoms with Crippen LogP contribution in [0.3, 0.4) is 0 Å². The molecule has 6 rings (SSSR count). The Kier molecular flexibility index (Phi) is 6.59. The second-order valence-corrected chi connectivity index (χ2v) is 10.1. The molecule has 1 atom stereocenters. The Labute approximate surface area is 226 Å². The topological polar surface area (TPSA) is 97.3 Å². The highest BCUT2D eigenvalue weighted by molar-refractivity contribution is 6.32. The molecular weight excluding hydrogens is 504 g/mol. The predicted molar refractivity (Wildman–Crippen MR) is 150 cm³/mol. The molecule has 2 N–H and O–H groups in total. The minimum atomic E-state index is 0.219. The Morgan fingerprint density at radius 1 is 0.895 bits per heavy atom. The maximum Gasteiger partial charge on any atom is 0.141 e. The summed E-state index contributed by atoms with van der Waals surface area (Å²) in [5, 5.41) is 0.513. The molecule has 0 bridgehead atoms. The van der Waals surface area contributed by atoms with E-state index in [-0.39, 0.29) is 6.04 Å². The highest BCUT2D eigenvalue weighted by atomic mass is 35.5. The third-order valence-electron chi connectivity index (χ3n) is 7.35. The number of nitrogens with zero attached hydrogens (tertiary/aromatic N) is 7. The van der Waals surface area contributed by atoms with E-state index < -0.39 is 0 Å². The molecule has 38 heavy (non-hydrogen) atoms. The van der Waals surface area contributed by atoms with E-state index in [1.807, 2.05) is 22.9 Å². The lowest BCUT2D eigenvalue weighted by molar-refractivity contribution is 0.395. The van der Waals surface area contributed by atoms with Crippen LogP contribution >= 0.6 is 11.6 Å². The van der Waals surface area contributed by atoms with Gasteiger partial charge in [-0.2, -0.15) is 0 Å². The van der Waals surface area contributed by atoms with E-state index in [1.54, 1.807) is 26.6 Å². The molecule has 4 aromatic rings. The number of piperazine rings is 1. The van der Waals surface area contributed by atoms with Crippen molar-refractivity contribution < 1.29 is 9.47 Å². The van der Waals surface area contributed by atoms with Crippen molar-refractivity contribution in [3.05, 3.63) is 54.1 Å². The molecule has 11 heteroatoms. The summed E-state index contributed by atoms with van der Waals surface area (Å²) in [5.41, 5.74) is 9.69. The summed E-state index contributed by atoms with van der Waals surface area (Å²) in [5.74, 6) is 3.15. The lowest BCUT2D eigenvalue weighted by Gasteiger charge is -2.36. The van der Waals surface area contributed by atoms with Crippen LogP contribution in [0.5, 0.6) is 11.5 Å². The predicted octanol–water partition coefficient (Wildman–Crippen LogP) is 3.33. The lowest BCUT2D eigenvalue weighted by Crippen LogP contribution is -2.47. The Morgan fingerprint density at radius 2 is 1.63 bits per heavy atom. The van der Waals surface area contributed by atoms with E-state index in [2.05, 4.69) is 42.9 Å². The van der Waals surface area contributed by atoms with E-state index in [9.17, 15) is 0 Å². The van der Waals surface area contributed by atoms with Crippen LogP contribution in [-0.4, -0.2) is 78.9 Å². The fourth-order valence-corrected chi connectivity index (χ4v) is 5.47. The van der Waals surface area contributed by atoms with Crippen LogP contribution in [-0.2, 0) is 0 Å². The minimum Gasteiger partial charge on any atom is -0.496 e. The van der Waals surface area contributed by atoms with E-state index >= 15 is 0 Å². The van der Waals surface area contributed by atoms with Crippen molar-refractivity contribution >= 4 is 34.6 Å². The normalized spacial score (nSPS) is 17.9. The number of ether oxygens (including phenoxy) is 2. The molecule has 2 fully saturated rings. The summed E-state index contributed by atoms with van der Waals surface area (Å²) in [4.78, 5) is 20.9. The summed E-state index contributed by atoms with van der Waals surface area (Å²) in [6.07, 6.45) is 6.69. The first-order valence-corrected chi connectivity index (χ1v) is 13.1. The number of hydrogen-bond acceptors (Lipinski definition) is 9. The zero-order valence-electron chi connectivity index (χ0n) is 21.5. The van der Waals surface area contributed by atoms with Gasteiger partial charge in [0.1, 0.15) is 35.1 Å². The van der Waals surface area contributed by atoms with Crippen LogP contribution in [0.1, 0.15) is 6.42 Å². The molecule has 0 aliphatic carbocycles. The molecule has 2 saturated heterocycles. The van der Waals surface area contributed by atoms with Crippen LogP contribution in [0, 0.1) is 0 Å². The van der Waals surface area contributed by atoms with Gasteiger partial charge < -0.3 is 34.3 Å². The fraction of sp³-hybridized carbons (Fsp3) is 0.370. The van der Waals surface area contributed by atoms with Crippen LogP contribution in [0.25, 0.3) is 16.9 Å². The van der Waals surface area contributed by atoms with Gasteiger partial charge in [-0.3, -0.25) is 0 Å². The number of halogens is 1. The first-order valence-electron chi connectivity index (χ1n) is 12.8. The zero-order chi connectivity index (χ0) is 26.2. The quantitative estimate of drug-likeness (QED) is 0.399. The molecule has 5 heterocycles. The Balaban J connectivity index is 1.17. The van der Waals surface area contributed by atoms with Gasteiger partial charge in [0.25, 0.3) is 0 Å². The van der Waals surface area contributed by atoms with Crippen LogP contribution in [0.15, 0.2) is 49.1 Å². The number of pyridine rings is 1. The molecule has 0 spiro atoms. The monoisotopic (exact) mass is 534 g/mol. The standard InChI is InChI=1S/C27H31ClN8O2/c1-37-23-13-24(38-2)21(28)12-20(23)22-16-36-6-4-19(11-27(36)32-22)33-7-9-34(10-8-33)25-14-26(31-17-30-25)35-5-3-18(29)15-35/h4,6,11-14,16-18H,3,5,7-10,15,29H2,1-2H3. The van der Waals surface area contributed by atoms with E-state index in [1.165, 1.54) is 0 Å². The molecule has 1 unspecified atom stereocenters. The van der Waals surface area contributed by atoms with Gasteiger partial charge >= 0.3 is 0 Å². The van der Waals surface area contributed by atoms with Crippen LogP contribution in [0.4, 0.5) is 17.3 Å². The van der Waals surface area contributed by atoms with Gasteiger partial charge in [0.2, 0.25) is 0 Å². The van der Waals surface area contributed by atoms with Gasteiger partial charge in [-0.05, 0) is 18.6 Å². The van der Waals surface area contributed by atoms with E-state index in [0.717, 1.165) is 79.9 Å². The number of imidazole rings is 1. The summed E-state index contributed by atoms with van der Waals surface area (Å²) < 4.78 is 12.9. The molecule has 198 valence electrons. The van der Waals surface area contributed by atoms with Crippen molar-refractivity contribution in [3.63, 3.8) is 0 Å². The van der Waals surface area contributed by atoms with Gasteiger partial charge in [-0.15, -0.1) is 0 Å². The third kappa shape index (κ3) is 4.65. The molecule has 2 aliphatic heterocycles. The van der Waals surface area contributed by atoms with Crippen LogP contribution < -0.4 is 29.9 Å². The number of fused-ring (bicyclic) bond motifs is 1. The van der Waals surface area contributed by atoms with Crippen molar-refractivity contribution in [3.8, 4) is 22.8 Å². The van der Waals surface area contributed by atoms with Crippen molar-refractivity contribution in [1.82, 2.24) is 19.4 Å². The van der Waals surface area contributed by atoms with Gasteiger partial charge in [-0.1, -0.05) is 11.6 Å². The Morgan fingerprint density at radius 3 is 2.34 bits per heavy atom. The molecule has 2 aliphatic rings. The number of methoxy groups -OCH3 is 2. The number of benzene rings is 1. The minimum absolute atomic E-state index is 0.219.